The average Bonchev–Trinajstić information content (AvgIpc) is 2.99. The molecule has 4 aromatic rings. The fraction of sp³-hybridized carbons (Fsp3) is 0.0526. The van der Waals surface area contributed by atoms with Crippen LogP contribution in [0.5, 0.6) is 0 Å². The standard InChI is InChI=1S/C19H14FN5O3/c1-25-8-10-6-15(13(20)7-14(10)24-25)22-18(27)12-5-9-3-2-4-11(17(21)26)16(9)23-19(12)28/h2-8H,1H3,(H2,21,26)(H,22,27)(H,23,28). The molecule has 2 aromatic heterocycles. The van der Waals surface area contributed by atoms with Gasteiger partial charge in [0.25, 0.3) is 17.4 Å². The molecule has 4 N–H and O–H groups in total. The van der Waals surface area contributed by atoms with Crippen LogP contribution in [0.4, 0.5) is 10.1 Å². The molecule has 28 heavy (non-hydrogen) atoms. The third-order valence-corrected chi connectivity index (χ3v) is 4.35. The number of pyridine rings is 1. The number of H-pyrrole nitrogens is 1. The maximum atomic E-state index is 14.3. The van der Waals surface area contributed by atoms with Crippen molar-refractivity contribution >= 4 is 39.3 Å². The number of rotatable bonds is 3. The topological polar surface area (TPSA) is 123 Å². The lowest BCUT2D eigenvalue weighted by molar-refractivity contribution is 0.0999. The number of carbonyl (C=O) groups is 2. The molecule has 0 unspecified atom stereocenters. The fourth-order valence-electron chi connectivity index (χ4n) is 3.06. The molecular formula is C19H14FN5O3. The van der Waals surface area contributed by atoms with E-state index in [0.29, 0.717) is 16.3 Å². The van der Waals surface area contributed by atoms with Crippen LogP contribution in [0.15, 0.2) is 47.4 Å². The summed E-state index contributed by atoms with van der Waals surface area (Å²) in [6.07, 6.45) is 1.68. The number of benzene rings is 2. The zero-order valence-electron chi connectivity index (χ0n) is 14.6. The molecule has 140 valence electrons. The van der Waals surface area contributed by atoms with E-state index in [1.807, 2.05) is 0 Å². The third kappa shape index (κ3) is 2.88. The minimum Gasteiger partial charge on any atom is -0.366 e. The summed E-state index contributed by atoms with van der Waals surface area (Å²) in [6.45, 7) is 0. The predicted octanol–water partition coefficient (Wildman–Crippen LogP) is 1.91. The van der Waals surface area contributed by atoms with Crippen LogP contribution in [0.25, 0.3) is 21.8 Å². The lowest BCUT2D eigenvalue weighted by Crippen LogP contribution is -2.24. The third-order valence-electron chi connectivity index (χ3n) is 4.35. The van der Waals surface area contributed by atoms with Crippen LogP contribution in [0, 0.1) is 5.82 Å². The van der Waals surface area contributed by atoms with Gasteiger partial charge in [-0.2, -0.15) is 5.10 Å². The Balaban J connectivity index is 1.75. The highest BCUT2D eigenvalue weighted by molar-refractivity contribution is 6.09. The molecule has 0 radical (unpaired) electrons. The summed E-state index contributed by atoms with van der Waals surface area (Å²) in [7, 11) is 1.70. The van der Waals surface area contributed by atoms with Crippen molar-refractivity contribution in [3.63, 3.8) is 0 Å². The normalized spacial score (nSPS) is 11.1. The second-order valence-electron chi connectivity index (χ2n) is 6.29. The fourth-order valence-corrected chi connectivity index (χ4v) is 3.06. The summed E-state index contributed by atoms with van der Waals surface area (Å²) in [5.74, 6) is -2.16. The minimum absolute atomic E-state index is 0.0733. The molecule has 0 fully saturated rings. The Morgan fingerprint density at radius 2 is 1.96 bits per heavy atom. The second-order valence-corrected chi connectivity index (χ2v) is 6.29. The number of hydrogen-bond acceptors (Lipinski definition) is 4. The molecule has 0 aliphatic rings. The van der Waals surface area contributed by atoms with Gasteiger partial charge in [-0.05, 0) is 23.6 Å². The van der Waals surface area contributed by atoms with Gasteiger partial charge in [-0.25, -0.2) is 4.39 Å². The second kappa shape index (κ2) is 6.31. The van der Waals surface area contributed by atoms with Gasteiger partial charge in [0, 0.05) is 24.7 Å². The van der Waals surface area contributed by atoms with Gasteiger partial charge in [-0.15, -0.1) is 0 Å². The molecule has 0 saturated carbocycles. The lowest BCUT2D eigenvalue weighted by Gasteiger charge is -2.08. The molecule has 2 aromatic carbocycles. The predicted molar refractivity (Wildman–Crippen MR) is 102 cm³/mol. The highest BCUT2D eigenvalue weighted by Crippen LogP contribution is 2.23. The van der Waals surface area contributed by atoms with Crippen molar-refractivity contribution < 1.29 is 14.0 Å². The van der Waals surface area contributed by atoms with E-state index in [9.17, 15) is 18.8 Å². The first-order chi connectivity index (χ1) is 13.3. The monoisotopic (exact) mass is 379 g/mol. The van der Waals surface area contributed by atoms with Gasteiger partial charge in [0.15, 0.2) is 0 Å². The number of nitrogens with zero attached hydrogens (tertiary/aromatic N) is 2. The number of nitrogens with one attached hydrogen (secondary N) is 2. The quantitative estimate of drug-likeness (QED) is 0.503. The number of halogens is 1. The number of nitrogens with two attached hydrogens (primary N) is 1. The van der Waals surface area contributed by atoms with Crippen LogP contribution in [-0.2, 0) is 7.05 Å². The number of amides is 2. The van der Waals surface area contributed by atoms with Gasteiger partial charge in [0.1, 0.15) is 11.4 Å². The smallest absolute Gasteiger partial charge is 0.261 e. The van der Waals surface area contributed by atoms with Crippen LogP contribution in [-0.4, -0.2) is 26.6 Å². The molecule has 2 heterocycles. The van der Waals surface area contributed by atoms with E-state index in [-0.39, 0.29) is 22.3 Å². The number of aromatic amines is 1. The van der Waals surface area contributed by atoms with Crippen LogP contribution < -0.4 is 16.6 Å². The van der Waals surface area contributed by atoms with Gasteiger partial charge in [0.05, 0.1) is 22.3 Å². The lowest BCUT2D eigenvalue weighted by atomic mass is 10.1. The Morgan fingerprint density at radius 3 is 2.71 bits per heavy atom. The first-order valence-corrected chi connectivity index (χ1v) is 8.23. The molecule has 0 saturated heterocycles. The maximum Gasteiger partial charge on any atom is 0.261 e. The molecule has 0 bridgehead atoms. The van der Waals surface area contributed by atoms with Gasteiger partial charge < -0.3 is 16.0 Å². The SMILES string of the molecule is Cn1cc2cc(NC(=O)c3cc4cccc(C(N)=O)c4[nH]c3=O)c(F)cc2n1. The number of aromatic nitrogens is 3. The van der Waals surface area contributed by atoms with Crippen LogP contribution in [0.2, 0.25) is 0 Å². The summed E-state index contributed by atoms with van der Waals surface area (Å²) in [4.78, 5) is 38.9. The Bertz CT molecular complexity index is 1340. The number of para-hydroxylation sites is 1. The minimum atomic E-state index is -0.783. The first kappa shape index (κ1) is 17.4. The summed E-state index contributed by atoms with van der Waals surface area (Å²) < 4.78 is 15.8. The Hall–Kier alpha value is -4.01. The first-order valence-electron chi connectivity index (χ1n) is 8.23. The number of primary amides is 1. The van der Waals surface area contributed by atoms with Gasteiger partial charge in [-0.3, -0.25) is 19.1 Å². The Kier molecular flexibility index (Phi) is 3.92. The van der Waals surface area contributed by atoms with Crippen molar-refractivity contribution in [1.82, 2.24) is 14.8 Å². The van der Waals surface area contributed by atoms with Crippen molar-refractivity contribution in [2.45, 2.75) is 0 Å². The molecule has 9 heteroatoms. The molecule has 0 aliphatic carbocycles. The summed E-state index contributed by atoms with van der Waals surface area (Å²) in [5.41, 5.74) is 5.10. The zero-order chi connectivity index (χ0) is 20.0. The van der Waals surface area contributed by atoms with E-state index in [4.69, 9.17) is 5.73 Å². The van der Waals surface area contributed by atoms with Crippen LogP contribution in [0.1, 0.15) is 20.7 Å². The molecule has 8 nitrogen and oxygen atoms in total. The highest BCUT2D eigenvalue weighted by atomic mass is 19.1. The Labute approximate surface area is 156 Å². The number of hydrogen-bond donors (Lipinski definition) is 3. The summed E-state index contributed by atoms with van der Waals surface area (Å²) >= 11 is 0. The van der Waals surface area contributed by atoms with Crippen molar-refractivity contribution in [3.05, 3.63) is 69.9 Å². The van der Waals surface area contributed by atoms with E-state index >= 15 is 0 Å². The molecule has 0 atom stereocenters. The van der Waals surface area contributed by atoms with E-state index in [2.05, 4.69) is 15.4 Å². The molecule has 4 rings (SSSR count). The van der Waals surface area contributed by atoms with E-state index < -0.39 is 23.2 Å². The molecule has 0 spiro atoms. The van der Waals surface area contributed by atoms with E-state index in [1.54, 1.807) is 25.4 Å². The van der Waals surface area contributed by atoms with E-state index in [1.165, 1.54) is 28.9 Å². The highest BCUT2D eigenvalue weighted by Gasteiger charge is 2.17. The van der Waals surface area contributed by atoms with Gasteiger partial charge in [-0.1, -0.05) is 12.1 Å². The number of anilines is 1. The van der Waals surface area contributed by atoms with Crippen molar-refractivity contribution in [2.75, 3.05) is 5.32 Å². The van der Waals surface area contributed by atoms with Gasteiger partial charge in [0.2, 0.25) is 0 Å². The van der Waals surface area contributed by atoms with Crippen molar-refractivity contribution in [2.24, 2.45) is 12.8 Å². The van der Waals surface area contributed by atoms with Crippen LogP contribution >= 0.6 is 0 Å². The summed E-state index contributed by atoms with van der Waals surface area (Å²) in [5, 5.41) is 7.59. The molecule has 0 aliphatic heterocycles. The van der Waals surface area contributed by atoms with Crippen LogP contribution in [0.3, 0.4) is 0 Å². The zero-order valence-corrected chi connectivity index (χ0v) is 14.6. The largest absolute Gasteiger partial charge is 0.366 e. The van der Waals surface area contributed by atoms with Gasteiger partial charge >= 0.3 is 0 Å². The van der Waals surface area contributed by atoms with Crippen molar-refractivity contribution in [1.29, 1.82) is 0 Å². The number of carbonyl (C=O) groups excluding carboxylic acids is 2. The number of fused-ring (bicyclic) bond motifs is 2. The maximum absolute atomic E-state index is 14.3. The Morgan fingerprint density at radius 1 is 1.18 bits per heavy atom. The van der Waals surface area contributed by atoms with E-state index in [0.717, 1.165) is 0 Å². The number of aryl methyl sites for hydroxylation is 1. The molecule has 2 amide bonds. The summed E-state index contributed by atoms with van der Waals surface area (Å²) in [6, 6.07) is 8.65. The molecular weight excluding hydrogens is 365 g/mol. The average molecular weight is 379 g/mol. The van der Waals surface area contributed by atoms with Crippen molar-refractivity contribution in [3.8, 4) is 0 Å².